The van der Waals surface area contributed by atoms with Gasteiger partial charge in [0.05, 0.1) is 47.2 Å². The van der Waals surface area contributed by atoms with Gasteiger partial charge >= 0.3 is 0 Å². The quantitative estimate of drug-likeness (QED) is 0.352. The van der Waals surface area contributed by atoms with Crippen LogP contribution in [0.4, 0.5) is 5.69 Å². The van der Waals surface area contributed by atoms with Gasteiger partial charge in [-0.15, -0.1) is 0 Å². The summed E-state index contributed by atoms with van der Waals surface area (Å²) >= 11 is 12.5. The molecule has 1 atom stereocenters. The fourth-order valence-electron chi connectivity index (χ4n) is 4.12. The Hall–Kier alpha value is -3.18. The number of carbonyl (C=O) groups is 1. The van der Waals surface area contributed by atoms with Crippen molar-refractivity contribution in [3.8, 4) is 5.75 Å². The van der Waals surface area contributed by atoms with Crippen LogP contribution >= 0.6 is 23.2 Å². The maximum atomic E-state index is 13.0. The first-order chi connectivity index (χ1) is 17.5. The lowest BCUT2D eigenvalue weighted by molar-refractivity contribution is 0.0360. The predicted molar refractivity (Wildman–Crippen MR) is 137 cm³/mol. The third kappa shape index (κ3) is 5.46. The number of aromatic nitrogens is 5. The molecule has 0 saturated carbocycles. The highest BCUT2D eigenvalue weighted by Gasteiger charge is 2.19. The van der Waals surface area contributed by atoms with E-state index in [1.807, 2.05) is 17.8 Å². The van der Waals surface area contributed by atoms with Crippen LogP contribution in [0.15, 0.2) is 43.0 Å². The lowest BCUT2D eigenvalue weighted by Crippen LogP contribution is -2.38. The number of rotatable bonds is 8. The van der Waals surface area contributed by atoms with Crippen molar-refractivity contribution < 1.29 is 14.3 Å². The number of aromatic amines is 1. The van der Waals surface area contributed by atoms with Gasteiger partial charge in [0.1, 0.15) is 11.9 Å². The van der Waals surface area contributed by atoms with Crippen LogP contribution in [-0.2, 0) is 11.3 Å². The van der Waals surface area contributed by atoms with Gasteiger partial charge in [-0.1, -0.05) is 23.2 Å². The number of hydrogen-bond donors (Lipinski definition) is 2. The smallest absolute Gasteiger partial charge is 0.276 e. The second-order valence-corrected chi connectivity index (χ2v) is 9.27. The number of anilines is 1. The molecule has 1 aromatic carbocycles. The summed E-state index contributed by atoms with van der Waals surface area (Å²) in [7, 11) is 0. The van der Waals surface area contributed by atoms with Crippen molar-refractivity contribution in [2.24, 2.45) is 0 Å². The number of benzene rings is 1. The third-order valence-electron chi connectivity index (χ3n) is 6.00. The molecule has 1 saturated heterocycles. The summed E-state index contributed by atoms with van der Waals surface area (Å²) in [5, 5.41) is 15.8. The molecule has 5 rings (SSSR count). The van der Waals surface area contributed by atoms with Crippen LogP contribution in [0.1, 0.15) is 29.1 Å². The minimum absolute atomic E-state index is 0.254. The molecule has 12 heteroatoms. The number of hydrogen-bond acceptors (Lipinski definition) is 7. The molecule has 1 amide bonds. The van der Waals surface area contributed by atoms with Crippen molar-refractivity contribution in [2.75, 3.05) is 38.2 Å². The lowest BCUT2D eigenvalue weighted by atomic mass is 10.1. The number of amides is 1. The number of H-pyrrole nitrogens is 1. The molecule has 0 spiro atoms. The summed E-state index contributed by atoms with van der Waals surface area (Å²) < 4.78 is 13.3. The van der Waals surface area contributed by atoms with Gasteiger partial charge in [0.25, 0.3) is 5.91 Å². The van der Waals surface area contributed by atoms with Crippen LogP contribution < -0.4 is 10.1 Å². The van der Waals surface area contributed by atoms with Crippen LogP contribution in [0.3, 0.4) is 0 Å². The largest absolute Gasteiger partial charge is 0.486 e. The molecule has 1 aliphatic rings. The average molecular weight is 530 g/mol. The molecule has 4 aromatic rings. The second-order valence-electron chi connectivity index (χ2n) is 8.46. The molecule has 10 nitrogen and oxygen atoms in total. The minimum Gasteiger partial charge on any atom is -0.486 e. The molecule has 3 aromatic heterocycles. The van der Waals surface area contributed by atoms with Crippen LogP contribution in [-0.4, -0.2) is 68.6 Å². The Morgan fingerprint density at radius 2 is 1.97 bits per heavy atom. The highest BCUT2D eigenvalue weighted by molar-refractivity contribution is 6.35. The van der Waals surface area contributed by atoms with Crippen molar-refractivity contribution in [1.29, 1.82) is 0 Å². The fraction of sp³-hybridized carbons (Fsp3) is 0.333. The zero-order valence-electron chi connectivity index (χ0n) is 19.6. The number of nitrogens with zero attached hydrogens (tertiary/aromatic N) is 5. The molecule has 188 valence electrons. The summed E-state index contributed by atoms with van der Waals surface area (Å²) in [6.07, 6.45) is 6.05. The van der Waals surface area contributed by atoms with E-state index < -0.39 is 6.10 Å². The number of halogens is 2. The fourth-order valence-corrected chi connectivity index (χ4v) is 4.79. The molecule has 1 unspecified atom stereocenters. The first-order valence-electron chi connectivity index (χ1n) is 11.6. The number of ether oxygens (including phenoxy) is 2. The monoisotopic (exact) mass is 529 g/mol. The molecule has 1 fully saturated rings. The van der Waals surface area contributed by atoms with E-state index in [9.17, 15) is 4.79 Å². The van der Waals surface area contributed by atoms with Crippen molar-refractivity contribution in [2.45, 2.75) is 19.6 Å². The normalized spacial score (nSPS) is 15.2. The molecule has 4 heterocycles. The van der Waals surface area contributed by atoms with E-state index in [1.165, 1.54) is 12.4 Å². The van der Waals surface area contributed by atoms with Crippen LogP contribution in [0.2, 0.25) is 10.0 Å². The molecular formula is C24H25Cl2N7O3. The summed E-state index contributed by atoms with van der Waals surface area (Å²) in [6, 6.07) is 5.36. The zero-order chi connectivity index (χ0) is 25.1. The van der Waals surface area contributed by atoms with Crippen LogP contribution in [0.5, 0.6) is 5.75 Å². The SMILES string of the molecule is CC(Oc1ccc2[nH]nc(C(=O)Nc3cnn(CCN4CCOCC4)c3)c2c1)c1c(Cl)cncc1Cl. The predicted octanol–water partition coefficient (Wildman–Crippen LogP) is 4.19. The van der Waals surface area contributed by atoms with E-state index in [4.69, 9.17) is 32.7 Å². The Kier molecular flexibility index (Phi) is 7.38. The van der Waals surface area contributed by atoms with E-state index in [0.29, 0.717) is 37.9 Å². The van der Waals surface area contributed by atoms with E-state index in [2.05, 4.69) is 30.5 Å². The van der Waals surface area contributed by atoms with E-state index in [0.717, 1.165) is 39.4 Å². The molecule has 0 radical (unpaired) electrons. The van der Waals surface area contributed by atoms with Gasteiger partial charge in [-0.05, 0) is 25.1 Å². The lowest BCUT2D eigenvalue weighted by Gasteiger charge is -2.26. The number of carbonyl (C=O) groups excluding carboxylic acids is 1. The summed E-state index contributed by atoms with van der Waals surface area (Å²) in [5.41, 5.74) is 2.20. The Labute approximate surface area is 217 Å². The summed E-state index contributed by atoms with van der Waals surface area (Å²) in [5.74, 6) is 0.199. The Balaban J connectivity index is 1.26. The molecule has 36 heavy (non-hydrogen) atoms. The number of pyridine rings is 1. The van der Waals surface area contributed by atoms with Crippen molar-refractivity contribution in [3.05, 3.63) is 64.3 Å². The zero-order valence-corrected chi connectivity index (χ0v) is 21.1. The molecule has 2 N–H and O–H groups in total. The molecular weight excluding hydrogens is 505 g/mol. The highest BCUT2D eigenvalue weighted by atomic mass is 35.5. The van der Waals surface area contributed by atoms with Crippen LogP contribution in [0.25, 0.3) is 10.9 Å². The first-order valence-corrected chi connectivity index (χ1v) is 12.3. The number of fused-ring (bicyclic) bond motifs is 1. The van der Waals surface area contributed by atoms with Gasteiger partial charge in [-0.2, -0.15) is 10.2 Å². The van der Waals surface area contributed by atoms with E-state index in [-0.39, 0.29) is 11.6 Å². The summed E-state index contributed by atoms with van der Waals surface area (Å²) in [4.78, 5) is 19.3. The van der Waals surface area contributed by atoms with Gasteiger partial charge < -0.3 is 14.8 Å². The van der Waals surface area contributed by atoms with Gasteiger partial charge in [0, 0.05) is 49.2 Å². The standard InChI is InChI=1S/C24H25Cl2N7O3/c1-15(22-19(25)12-27-13-20(22)26)36-17-2-3-21-18(10-17)23(31-30-21)24(34)29-16-11-28-33(14-16)5-4-32-6-8-35-9-7-32/h2-3,10-15H,4-9H2,1H3,(H,29,34)(H,30,31). The van der Waals surface area contributed by atoms with Crippen molar-refractivity contribution >= 4 is 45.7 Å². The maximum absolute atomic E-state index is 13.0. The highest BCUT2D eigenvalue weighted by Crippen LogP contribution is 2.33. The van der Waals surface area contributed by atoms with Gasteiger partial charge in [-0.3, -0.25) is 24.5 Å². The summed E-state index contributed by atoms with van der Waals surface area (Å²) in [6.45, 7) is 6.81. The first kappa shape index (κ1) is 24.5. The van der Waals surface area contributed by atoms with Gasteiger partial charge in [-0.25, -0.2) is 0 Å². The number of morpholine rings is 1. The average Bonchev–Trinajstić information content (AvgIpc) is 3.50. The second kappa shape index (κ2) is 10.8. The molecule has 0 bridgehead atoms. The topological polar surface area (TPSA) is 110 Å². The minimum atomic E-state index is -0.432. The molecule has 1 aliphatic heterocycles. The number of nitrogens with one attached hydrogen (secondary N) is 2. The Morgan fingerprint density at radius 3 is 2.75 bits per heavy atom. The molecule has 0 aliphatic carbocycles. The van der Waals surface area contributed by atoms with E-state index >= 15 is 0 Å². The van der Waals surface area contributed by atoms with Crippen LogP contribution in [0, 0.1) is 0 Å². The van der Waals surface area contributed by atoms with Crippen molar-refractivity contribution in [3.63, 3.8) is 0 Å². The Morgan fingerprint density at radius 1 is 1.19 bits per heavy atom. The van der Waals surface area contributed by atoms with E-state index in [1.54, 1.807) is 24.4 Å². The van der Waals surface area contributed by atoms with Gasteiger partial charge in [0.2, 0.25) is 0 Å². The van der Waals surface area contributed by atoms with Crippen molar-refractivity contribution in [1.82, 2.24) is 29.9 Å². The Bertz CT molecular complexity index is 1350. The van der Waals surface area contributed by atoms with Gasteiger partial charge in [0.15, 0.2) is 5.69 Å². The third-order valence-corrected chi connectivity index (χ3v) is 6.60. The maximum Gasteiger partial charge on any atom is 0.276 e.